The minimum Gasteiger partial charge on any atom is -0.368 e. The van der Waals surface area contributed by atoms with Crippen LogP contribution in [0.1, 0.15) is 41.9 Å². The van der Waals surface area contributed by atoms with Gasteiger partial charge >= 0.3 is 0 Å². The lowest BCUT2D eigenvalue weighted by Gasteiger charge is -2.25. The Morgan fingerprint density at radius 3 is 2.47 bits per heavy atom. The first kappa shape index (κ1) is 24.7. The van der Waals surface area contributed by atoms with E-state index >= 15 is 0 Å². The molecule has 0 spiro atoms. The summed E-state index contributed by atoms with van der Waals surface area (Å²) in [5.41, 5.74) is 13.5. The summed E-state index contributed by atoms with van der Waals surface area (Å²) in [6, 6.07) is 8.41. The van der Waals surface area contributed by atoms with Crippen LogP contribution in [0, 0.1) is 25.7 Å². The number of pyridine rings is 1. The molecule has 3 rings (SSSR count). The van der Waals surface area contributed by atoms with E-state index < -0.39 is 17.3 Å². The van der Waals surface area contributed by atoms with Crippen molar-refractivity contribution in [2.75, 3.05) is 0 Å². The van der Waals surface area contributed by atoms with E-state index in [1.54, 1.807) is 18.2 Å². The van der Waals surface area contributed by atoms with Crippen LogP contribution >= 0.6 is 23.2 Å². The fourth-order valence-electron chi connectivity index (χ4n) is 4.03. The second-order valence-corrected chi connectivity index (χ2v) is 9.47. The van der Waals surface area contributed by atoms with Crippen molar-refractivity contribution in [2.24, 2.45) is 17.6 Å². The smallest absolute Gasteiger partial charge is 0.231 e. The molecule has 0 saturated carbocycles. The van der Waals surface area contributed by atoms with Gasteiger partial charge in [-0.25, -0.2) is 0 Å². The van der Waals surface area contributed by atoms with Gasteiger partial charge < -0.3 is 10.5 Å². The van der Waals surface area contributed by atoms with Crippen LogP contribution in [0.25, 0.3) is 11.1 Å². The number of carbonyl (C=O) groups excluding carboxylic acids is 1. The molecular formula is C26H30Cl2N2O2. The second-order valence-electron chi connectivity index (χ2n) is 8.66. The molecular weight excluding hydrogens is 443 g/mol. The molecule has 0 aliphatic heterocycles. The SMILES string of the molecule is Cc1ccc(-c2c(COC3C=CC(Cl)=CC3C(=O)Cl)c(C)nc(CC(C)C)c2CN)cc1. The Balaban J connectivity index is 2.05. The highest BCUT2D eigenvalue weighted by atomic mass is 35.5. The molecule has 2 atom stereocenters. The first-order chi connectivity index (χ1) is 15.2. The number of ether oxygens (including phenoxy) is 1. The number of rotatable bonds is 8. The Morgan fingerprint density at radius 2 is 1.88 bits per heavy atom. The predicted octanol–water partition coefficient (Wildman–Crippen LogP) is 5.98. The average molecular weight is 473 g/mol. The lowest BCUT2D eigenvalue weighted by Crippen LogP contribution is -2.27. The van der Waals surface area contributed by atoms with Crippen molar-refractivity contribution in [3.05, 3.63) is 75.6 Å². The van der Waals surface area contributed by atoms with Gasteiger partial charge in [-0.3, -0.25) is 9.78 Å². The summed E-state index contributed by atoms with van der Waals surface area (Å²) in [6.07, 6.45) is 5.49. The standard InChI is InChI=1S/C26H30Cl2N2O2/c1-15(2)11-23-21(13-29)25(18-7-5-16(3)6-8-18)22(17(4)30-23)14-32-24-10-9-19(27)12-20(24)26(28)31/h5-10,12,15,20,24H,11,13-14,29H2,1-4H3. The van der Waals surface area contributed by atoms with E-state index in [4.69, 9.17) is 38.7 Å². The van der Waals surface area contributed by atoms with Crippen LogP contribution in [-0.2, 0) is 29.1 Å². The average Bonchev–Trinajstić information content (AvgIpc) is 2.73. The van der Waals surface area contributed by atoms with Gasteiger partial charge in [0.25, 0.3) is 0 Å². The monoisotopic (exact) mass is 472 g/mol. The third-order valence-electron chi connectivity index (χ3n) is 5.66. The molecule has 170 valence electrons. The summed E-state index contributed by atoms with van der Waals surface area (Å²) >= 11 is 11.9. The first-order valence-electron chi connectivity index (χ1n) is 10.9. The van der Waals surface area contributed by atoms with Crippen molar-refractivity contribution in [3.63, 3.8) is 0 Å². The molecule has 2 aromatic rings. The Morgan fingerprint density at radius 1 is 1.19 bits per heavy atom. The van der Waals surface area contributed by atoms with Gasteiger partial charge in [-0.1, -0.05) is 67.4 Å². The lowest BCUT2D eigenvalue weighted by atomic mass is 9.90. The molecule has 6 heteroatoms. The van der Waals surface area contributed by atoms with E-state index in [1.807, 2.05) is 6.92 Å². The number of benzene rings is 1. The van der Waals surface area contributed by atoms with Crippen LogP contribution in [0.5, 0.6) is 0 Å². The summed E-state index contributed by atoms with van der Waals surface area (Å²) in [5.74, 6) is -0.168. The molecule has 1 aromatic heterocycles. The van der Waals surface area contributed by atoms with Crippen molar-refractivity contribution in [1.29, 1.82) is 0 Å². The molecule has 1 aliphatic rings. The molecule has 0 radical (unpaired) electrons. The summed E-state index contributed by atoms with van der Waals surface area (Å²) in [5, 5.41) is -0.0217. The number of aromatic nitrogens is 1. The third kappa shape index (κ3) is 5.68. The normalized spacial score (nSPS) is 18.2. The Hall–Kier alpha value is -1.98. The molecule has 1 aromatic carbocycles. The first-order valence-corrected chi connectivity index (χ1v) is 11.6. The maximum Gasteiger partial charge on any atom is 0.231 e. The van der Waals surface area contributed by atoms with Gasteiger partial charge in [0.15, 0.2) is 0 Å². The van der Waals surface area contributed by atoms with Gasteiger partial charge in [0.1, 0.15) is 0 Å². The molecule has 0 amide bonds. The zero-order valence-electron chi connectivity index (χ0n) is 19.0. The summed E-state index contributed by atoms with van der Waals surface area (Å²) in [7, 11) is 0. The fraction of sp³-hybridized carbons (Fsp3) is 0.385. The van der Waals surface area contributed by atoms with Gasteiger partial charge in [-0.2, -0.15) is 0 Å². The maximum absolute atomic E-state index is 11.9. The molecule has 2 N–H and O–H groups in total. The Kier molecular flexibility index (Phi) is 8.29. The van der Waals surface area contributed by atoms with Gasteiger partial charge in [-0.05, 0) is 60.6 Å². The highest BCUT2D eigenvalue weighted by Gasteiger charge is 2.28. The zero-order chi connectivity index (χ0) is 23.4. The van der Waals surface area contributed by atoms with Crippen molar-refractivity contribution >= 4 is 28.4 Å². The Bertz CT molecular complexity index is 1040. The molecule has 1 heterocycles. The molecule has 4 nitrogen and oxygen atoms in total. The minimum absolute atomic E-state index is 0.276. The fourth-order valence-corrected chi connectivity index (χ4v) is 4.42. The third-order valence-corrected chi connectivity index (χ3v) is 6.16. The maximum atomic E-state index is 11.9. The van der Waals surface area contributed by atoms with Crippen molar-refractivity contribution < 1.29 is 9.53 Å². The number of hydrogen-bond acceptors (Lipinski definition) is 4. The number of carbonyl (C=O) groups is 1. The van der Waals surface area contributed by atoms with Gasteiger partial charge in [-0.15, -0.1) is 0 Å². The minimum atomic E-state index is -0.626. The van der Waals surface area contributed by atoms with Crippen LogP contribution in [0.2, 0.25) is 0 Å². The number of hydrogen-bond donors (Lipinski definition) is 1. The number of nitrogens with two attached hydrogens (primary N) is 1. The van der Waals surface area contributed by atoms with Crippen LogP contribution in [0.15, 0.2) is 47.5 Å². The highest BCUT2D eigenvalue weighted by molar-refractivity contribution is 6.64. The molecule has 2 unspecified atom stereocenters. The quantitative estimate of drug-likeness (QED) is 0.479. The molecule has 1 aliphatic carbocycles. The van der Waals surface area contributed by atoms with Crippen molar-refractivity contribution in [3.8, 4) is 11.1 Å². The van der Waals surface area contributed by atoms with E-state index in [0.717, 1.165) is 40.1 Å². The van der Waals surface area contributed by atoms with E-state index in [1.165, 1.54) is 5.56 Å². The Labute approximate surface area is 200 Å². The number of allylic oxidation sites excluding steroid dienone is 2. The number of halogens is 2. The van der Waals surface area contributed by atoms with Crippen LogP contribution < -0.4 is 5.73 Å². The summed E-state index contributed by atoms with van der Waals surface area (Å²) in [4.78, 5) is 16.8. The van der Waals surface area contributed by atoms with E-state index in [9.17, 15) is 4.79 Å². The number of aryl methyl sites for hydroxylation is 2. The summed E-state index contributed by atoms with van der Waals surface area (Å²) < 4.78 is 6.20. The van der Waals surface area contributed by atoms with E-state index in [0.29, 0.717) is 17.5 Å². The predicted molar refractivity (Wildman–Crippen MR) is 132 cm³/mol. The van der Waals surface area contributed by atoms with Gasteiger partial charge in [0, 0.05) is 28.5 Å². The van der Waals surface area contributed by atoms with Gasteiger partial charge in [0.05, 0.1) is 18.6 Å². The van der Waals surface area contributed by atoms with E-state index in [-0.39, 0.29) is 6.61 Å². The summed E-state index contributed by atoms with van der Waals surface area (Å²) in [6.45, 7) is 9.08. The highest BCUT2D eigenvalue weighted by Crippen LogP contribution is 2.34. The zero-order valence-corrected chi connectivity index (χ0v) is 20.5. The molecule has 0 saturated heterocycles. The van der Waals surface area contributed by atoms with Crippen LogP contribution in [0.3, 0.4) is 0 Å². The van der Waals surface area contributed by atoms with Gasteiger partial charge in [0.2, 0.25) is 5.24 Å². The van der Waals surface area contributed by atoms with Crippen molar-refractivity contribution in [1.82, 2.24) is 4.98 Å². The van der Waals surface area contributed by atoms with Crippen molar-refractivity contribution in [2.45, 2.75) is 53.4 Å². The molecule has 0 bridgehead atoms. The number of nitrogens with zero attached hydrogens (tertiary/aromatic N) is 1. The van der Waals surface area contributed by atoms with Crippen LogP contribution in [-0.4, -0.2) is 16.3 Å². The second kappa shape index (κ2) is 10.8. The van der Waals surface area contributed by atoms with E-state index in [2.05, 4.69) is 45.0 Å². The largest absolute Gasteiger partial charge is 0.368 e. The topological polar surface area (TPSA) is 65.2 Å². The molecule has 0 fully saturated rings. The molecule has 32 heavy (non-hydrogen) atoms. The lowest BCUT2D eigenvalue weighted by molar-refractivity contribution is -0.117. The van der Waals surface area contributed by atoms with Crippen LogP contribution in [0.4, 0.5) is 0 Å².